The third-order valence-corrected chi connectivity index (χ3v) is 5.39. The number of methoxy groups -OCH3 is 2. The van der Waals surface area contributed by atoms with Gasteiger partial charge in [-0.3, -0.25) is 0 Å². The lowest BCUT2D eigenvalue weighted by Gasteiger charge is -2.31. The highest BCUT2D eigenvalue weighted by Crippen LogP contribution is 2.52. The van der Waals surface area contributed by atoms with Gasteiger partial charge in [-0.2, -0.15) is 26.3 Å². The van der Waals surface area contributed by atoms with Gasteiger partial charge in [-0.1, -0.05) is 36.4 Å². The molecule has 0 unspecified atom stereocenters. The first-order valence-corrected chi connectivity index (χ1v) is 9.62. The van der Waals surface area contributed by atoms with Crippen LogP contribution in [0.5, 0.6) is 0 Å². The Morgan fingerprint density at radius 1 is 0.771 bits per heavy atom. The summed E-state index contributed by atoms with van der Waals surface area (Å²) in [6, 6.07) is 9.14. The number of benzene rings is 1. The number of ether oxygens (including phenoxy) is 2. The van der Waals surface area contributed by atoms with Gasteiger partial charge in [0, 0.05) is 17.3 Å². The van der Waals surface area contributed by atoms with Crippen molar-refractivity contribution in [3.05, 3.63) is 66.0 Å². The quantitative estimate of drug-likeness (QED) is 0.408. The Labute approximate surface area is 193 Å². The molecule has 2 N–H and O–H groups in total. The maximum absolute atomic E-state index is 14.3. The number of halogens is 6. The lowest BCUT2D eigenvalue weighted by Crippen LogP contribution is -2.51. The summed E-state index contributed by atoms with van der Waals surface area (Å²) in [4.78, 5) is 24.7. The van der Waals surface area contributed by atoms with E-state index in [1.807, 2.05) is 0 Å². The highest BCUT2D eigenvalue weighted by Gasteiger charge is 2.68. The zero-order valence-corrected chi connectivity index (χ0v) is 17.9. The van der Waals surface area contributed by atoms with Gasteiger partial charge in [-0.25, -0.2) is 9.59 Å². The molecule has 0 aliphatic carbocycles. The number of esters is 2. The Hall–Kier alpha value is -3.58. The summed E-state index contributed by atoms with van der Waals surface area (Å²) in [5, 5.41) is 21.6. The van der Waals surface area contributed by atoms with Gasteiger partial charge in [0.05, 0.1) is 25.4 Å². The molecule has 7 nitrogen and oxygen atoms in total. The first kappa shape index (κ1) is 26.0. The van der Waals surface area contributed by atoms with Crippen LogP contribution in [0.1, 0.15) is 11.3 Å². The molecule has 0 bridgehead atoms. The molecule has 0 aliphatic heterocycles. The van der Waals surface area contributed by atoms with Gasteiger partial charge >= 0.3 is 24.3 Å². The van der Waals surface area contributed by atoms with Gasteiger partial charge in [0.2, 0.25) is 0 Å². The number of fused-ring (bicyclic) bond motifs is 1. The number of alkyl halides is 6. The van der Waals surface area contributed by atoms with Crippen LogP contribution in [-0.4, -0.2) is 53.1 Å². The molecule has 1 aromatic carbocycles. The Morgan fingerprint density at radius 3 is 1.74 bits per heavy atom. The first-order chi connectivity index (χ1) is 16.2. The van der Waals surface area contributed by atoms with Gasteiger partial charge in [0.15, 0.2) is 0 Å². The molecule has 13 heteroatoms. The maximum Gasteiger partial charge on any atom is 0.434 e. The van der Waals surface area contributed by atoms with Crippen molar-refractivity contribution >= 4 is 17.5 Å². The minimum absolute atomic E-state index is 0.389. The van der Waals surface area contributed by atoms with E-state index in [9.17, 15) is 46.1 Å². The van der Waals surface area contributed by atoms with Crippen molar-refractivity contribution in [1.29, 1.82) is 0 Å². The maximum atomic E-state index is 14.3. The predicted molar refractivity (Wildman–Crippen MR) is 107 cm³/mol. The minimum atomic E-state index is -5.81. The Bertz CT molecular complexity index is 1190. The molecule has 0 aliphatic rings. The lowest BCUT2D eigenvalue weighted by atomic mass is 9.83. The molecule has 2 aromatic heterocycles. The summed E-state index contributed by atoms with van der Waals surface area (Å²) >= 11 is 0. The largest absolute Gasteiger partial charge is 0.466 e. The standard InChI is InChI=1S/C22H17F6NO6/c1-34-17(30)19(32,21(23,24)25)15-13-10-6-7-11-29(13)16(14(15)12-8-4-3-5-9-12)20(33,18(31)35-2)22(26,27)28/h3-11,32-33H,1-2H3/t19-,20-/m1/s1. The summed E-state index contributed by atoms with van der Waals surface area (Å²) in [6.07, 6.45) is -10.8. The Morgan fingerprint density at radius 2 is 1.26 bits per heavy atom. The van der Waals surface area contributed by atoms with Crippen molar-refractivity contribution in [1.82, 2.24) is 4.40 Å². The minimum Gasteiger partial charge on any atom is -0.466 e. The molecule has 2 heterocycles. The van der Waals surface area contributed by atoms with Crippen LogP contribution in [-0.2, 0) is 30.3 Å². The number of nitrogens with zero attached hydrogens (tertiary/aromatic N) is 1. The molecular weight excluding hydrogens is 488 g/mol. The average Bonchev–Trinajstić information content (AvgIpc) is 3.16. The molecule has 3 aromatic rings. The molecule has 0 spiro atoms. The SMILES string of the molecule is COC(=O)[C@](O)(c1c(-c2ccccc2)c([C@@](O)(C(=O)OC)C(F)(F)F)n2ccccc12)C(F)(F)F. The number of carbonyl (C=O) groups excluding carboxylic acids is 2. The summed E-state index contributed by atoms with van der Waals surface area (Å²) in [5.41, 5.74) is -14.1. The van der Waals surface area contributed by atoms with Crippen molar-refractivity contribution < 1.29 is 55.6 Å². The Kier molecular flexibility index (Phi) is 6.38. The van der Waals surface area contributed by atoms with E-state index in [4.69, 9.17) is 0 Å². The second-order valence-electron chi connectivity index (χ2n) is 7.32. The molecule has 0 radical (unpaired) electrons. The number of hydrogen-bond donors (Lipinski definition) is 2. The van der Waals surface area contributed by atoms with Gasteiger partial charge in [0.1, 0.15) is 0 Å². The van der Waals surface area contributed by atoms with Crippen molar-refractivity contribution in [3.8, 4) is 11.1 Å². The van der Waals surface area contributed by atoms with Crippen molar-refractivity contribution in [3.63, 3.8) is 0 Å². The van der Waals surface area contributed by atoms with Gasteiger partial charge < -0.3 is 24.1 Å². The van der Waals surface area contributed by atoms with E-state index in [0.717, 1.165) is 36.5 Å². The van der Waals surface area contributed by atoms with Crippen molar-refractivity contribution in [2.24, 2.45) is 0 Å². The number of pyridine rings is 1. The third-order valence-electron chi connectivity index (χ3n) is 5.39. The molecule has 35 heavy (non-hydrogen) atoms. The highest BCUT2D eigenvalue weighted by molar-refractivity contribution is 5.95. The van der Waals surface area contributed by atoms with Crippen molar-refractivity contribution in [2.45, 2.75) is 23.6 Å². The van der Waals surface area contributed by atoms with Gasteiger partial charge in [-0.05, 0) is 17.7 Å². The van der Waals surface area contributed by atoms with Crippen LogP contribution in [0.3, 0.4) is 0 Å². The van der Waals surface area contributed by atoms with Crippen LogP contribution < -0.4 is 0 Å². The van der Waals surface area contributed by atoms with E-state index in [2.05, 4.69) is 9.47 Å². The summed E-state index contributed by atoms with van der Waals surface area (Å²) < 4.78 is 94.4. The lowest BCUT2D eigenvalue weighted by molar-refractivity contribution is -0.268. The van der Waals surface area contributed by atoms with E-state index in [1.165, 1.54) is 18.2 Å². The monoisotopic (exact) mass is 505 g/mol. The molecule has 2 atom stereocenters. The topological polar surface area (TPSA) is 97.5 Å². The number of carbonyl (C=O) groups is 2. The first-order valence-electron chi connectivity index (χ1n) is 9.62. The molecule has 3 rings (SSSR count). The zero-order chi connectivity index (χ0) is 26.4. The van der Waals surface area contributed by atoms with E-state index in [0.29, 0.717) is 18.6 Å². The zero-order valence-electron chi connectivity index (χ0n) is 17.9. The highest BCUT2D eigenvalue weighted by atomic mass is 19.4. The van der Waals surface area contributed by atoms with Crippen molar-refractivity contribution in [2.75, 3.05) is 14.2 Å². The summed E-state index contributed by atoms with van der Waals surface area (Å²) in [7, 11) is 1.08. The molecule has 188 valence electrons. The van der Waals surface area contributed by atoms with Gasteiger partial charge in [-0.15, -0.1) is 0 Å². The van der Waals surface area contributed by atoms with Crippen LogP contribution in [0.2, 0.25) is 0 Å². The number of aromatic nitrogens is 1. The predicted octanol–water partition coefficient (Wildman–Crippen LogP) is 3.45. The van der Waals surface area contributed by atoms with E-state index in [1.54, 1.807) is 0 Å². The molecule has 0 saturated heterocycles. The number of aliphatic hydroxyl groups is 2. The van der Waals surface area contributed by atoms with Crippen LogP contribution in [0.15, 0.2) is 54.7 Å². The summed E-state index contributed by atoms with van der Waals surface area (Å²) in [6.45, 7) is 0. The summed E-state index contributed by atoms with van der Waals surface area (Å²) in [5.74, 6) is -4.51. The van der Waals surface area contributed by atoms with Crippen LogP contribution >= 0.6 is 0 Å². The Balaban J connectivity index is 2.73. The van der Waals surface area contributed by atoms with E-state index >= 15 is 0 Å². The smallest absolute Gasteiger partial charge is 0.434 e. The van der Waals surface area contributed by atoms with Crippen LogP contribution in [0, 0.1) is 0 Å². The van der Waals surface area contributed by atoms with Crippen LogP contribution in [0.4, 0.5) is 26.3 Å². The molecule has 0 amide bonds. The van der Waals surface area contributed by atoms with Gasteiger partial charge in [0.25, 0.3) is 11.2 Å². The van der Waals surface area contributed by atoms with E-state index in [-0.39, 0.29) is 5.56 Å². The second kappa shape index (κ2) is 8.57. The normalized spacial score (nSPS) is 15.8. The molecular formula is C22H17F6NO6. The van der Waals surface area contributed by atoms with E-state index < -0.39 is 57.8 Å². The van der Waals surface area contributed by atoms with Crippen LogP contribution in [0.25, 0.3) is 16.6 Å². The third kappa shape index (κ3) is 3.71. The number of rotatable bonds is 5. The fourth-order valence-corrected chi connectivity index (χ4v) is 3.82. The number of hydrogen-bond acceptors (Lipinski definition) is 6. The molecule has 0 fully saturated rings. The fourth-order valence-electron chi connectivity index (χ4n) is 3.82. The molecule has 0 saturated carbocycles. The second-order valence-corrected chi connectivity index (χ2v) is 7.32. The average molecular weight is 505 g/mol. The fraction of sp³-hybridized carbons (Fsp3) is 0.273.